The summed E-state index contributed by atoms with van der Waals surface area (Å²) in [5.74, 6) is 0.369. The van der Waals surface area contributed by atoms with Crippen LogP contribution in [0.1, 0.15) is 21.7 Å². The number of para-hydroxylation sites is 1. The topological polar surface area (TPSA) is 106 Å². The molecule has 4 aromatic rings. The van der Waals surface area contributed by atoms with E-state index in [1.165, 1.54) is 42.5 Å². The zero-order valence-electron chi connectivity index (χ0n) is 17.6. The maximum atomic E-state index is 13.8. The summed E-state index contributed by atoms with van der Waals surface area (Å²) in [4.78, 5) is 21.0. The number of hydrogen-bond donors (Lipinski definition) is 2. The van der Waals surface area contributed by atoms with Crippen LogP contribution < -0.4 is 10.0 Å². The van der Waals surface area contributed by atoms with E-state index in [2.05, 4.69) is 20.0 Å². The van der Waals surface area contributed by atoms with Crippen molar-refractivity contribution in [1.29, 1.82) is 0 Å². The first-order chi connectivity index (χ1) is 15.8. The fraction of sp³-hybridized carbons (Fsp3) is 0.0870. The molecular weight excluding hydrogens is 445 g/mol. The van der Waals surface area contributed by atoms with E-state index in [9.17, 15) is 17.6 Å². The zero-order chi connectivity index (χ0) is 23.4. The second-order valence-corrected chi connectivity index (χ2v) is 8.85. The van der Waals surface area contributed by atoms with E-state index < -0.39 is 21.7 Å². The molecule has 0 saturated carbocycles. The third-order valence-electron chi connectivity index (χ3n) is 4.86. The van der Waals surface area contributed by atoms with E-state index in [-0.39, 0.29) is 22.7 Å². The van der Waals surface area contributed by atoms with Crippen molar-refractivity contribution in [2.75, 3.05) is 4.72 Å². The lowest BCUT2D eigenvalue weighted by atomic mass is 10.2. The molecule has 2 aromatic heterocycles. The lowest BCUT2D eigenvalue weighted by molar-refractivity contribution is 0.0950. The summed E-state index contributed by atoms with van der Waals surface area (Å²) in [5.41, 5.74) is 0.758. The van der Waals surface area contributed by atoms with Crippen LogP contribution in [0.4, 0.5) is 10.1 Å². The summed E-state index contributed by atoms with van der Waals surface area (Å²) in [6.45, 7) is 2.08. The Morgan fingerprint density at radius 2 is 1.88 bits per heavy atom. The van der Waals surface area contributed by atoms with Crippen molar-refractivity contribution >= 4 is 21.6 Å². The van der Waals surface area contributed by atoms with E-state index in [0.29, 0.717) is 5.82 Å². The number of carbonyl (C=O) groups is 1. The van der Waals surface area contributed by atoms with Crippen molar-refractivity contribution in [1.82, 2.24) is 19.9 Å². The molecule has 0 aliphatic heterocycles. The zero-order valence-corrected chi connectivity index (χ0v) is 18.4. The first-order valence-electron chi connectivity index (χ1n) is 9.94. The Kier molecular flexibility index (Phi) is 6.18. The molecule has 8 nitrogen and oxygen atoms in total. The number of imidazole rings is 1. The summed E-state index contributed by atoms with van der Waals surface area (Å²) in [6, 6.07) is 14.6. The van der Waals surface area contributed by atoms with Crippen LogP contribution in [0.25, 0.3) is 5.82 Å². The lowest BCUT2D eigenvalue weighted by Gasteiger charge is -2.11. The SMILES string of the molecule is Cc1nccn1-c1ccc(CNC(=O)c2cccc(S(=O)(=O)Nc3ccccc3F)c2)cn1. The molecule has 0 radical (unpaired) electrons. The Morgan fingerprint density at radius 3 is 2.58 bits per heavy atom. The number of nitrogens with one attached hydrogen (secondary N) is 2. The highest BCUT2D eigenvalue weighted by molar-refractivity contribution is 7.92. The van der Waals surface area contributed by atoms with Gasteiger partial charge in [-0.2, -0.15) is 0 Å². The lowest BCUT2D eigenvalue weighted by Crippen LogP contribution is -2.23. The van der Waals surface area contributed by atoms with Crippen LogP contribution in [0.5, 0.6) is 0 Å². The molecule has 2 heterocycles. The van der Waals surface area contributed by atoms with Gasteiger partial charge in [-0.1, -0.05) is 24.3 Å². The van der Waals surface area contributed by atoms with Crippen LogP contribution in [0.3, 0.4) is 0 Å². The number of aromatic nitrogens is 3. The second-order valence-electron chi connectivity index (χ2n) is 7.16. The van der Waals surface area contributed by atoms with Crippen molar-refractivity contribution in [2.45, 2.75) is 18.4 Å². The predicted molar refractivity (Wildman–Crippen MR) is 121 cm³/mol. The molecule has 0 fully saturated rings. The monoisotopic (exact) mass is 465 g/mol. The molecule has 2 aromatic carbocycles. The fourth-order valence-corrected chi connectivity index (χ4v) is 4.23. The summed E-state index contributed by atoms with van der Waals surface area (Å²) in [7, 11) is -4.08. The molecule has 0 saturated heterocycles. The van der Waals surface area contributed by atoms with Crippen LogP contribution in [-0.2, 0) is 16.6 Å². The van der Waals surface area contributed by atoms with Crippen molar-refractivity contribution in [3.8, 4) is 5.82 Å². The molecule has 4 rings (SSSR count). The number of rotatable bonds is 7. The highest BCUT2D eigenvalue weighted by atomic mass is 32.2. The van der Waals surface area contributed by atoms with Gasteiger partial charge in [0.25, 0.3) is 15.9 Å². The Morgan fingerprint density at radius 1 is 1.06 bits per heavy atom. The van der Waals surface area contributed by atoms with Crippen molar-refractivity contribution in [3.63, 3.8) is 0 Å². The molecule has 0 atom stereocenters. The molecule has 0 unspecified atom stereocenters. The van der Waals surface area contributed by atoms with Crippen LogP contribution in [0, 0.1) is 12.7 Å². The molecular formula is C23H20FN5O3S. The van der Waals surface area contributed by atoms with E-state index in [4.69, 9.17) is 0 Å². The number of nitrogens with zero attached hydrogens (tertiary/aromatic N) is 3. The average Bonchev–Trinajstić information content (AvgIpc) is 3.25. The van der Waals surface area contributed by atoms with Crippen LogP contribution >= 0.6 is 0 Å². The molecule has 33 heavy (non-hydrogen) atoms. The summed E-state index contributed by atoms with van der Waals surface area (Å²) in [6.07, 6.45) is 5.14. The van der Waals surface area contributed by atoms with Gasteiger partial charge in [-0.15, -0.1) is 0 Å². The third kappa shape index (κ3) is 5.07. The Labute approximate surface area is 190 Å². The maximum Gasteiger partial charge on any atom is 0.262 e. The van der Waals surface area contributed by atoms with Crippen LogP contribution in [0.15, 0.2) is 84.1 Å². The Bertz CT molecular complexity index is 1400. The van der Waals surface area contributed by atoms with Gasteiger partial charge >= 0.3 is 0 Å². The van der Waals surface area contributed by atoms with E-state index in [0.717, 1.165) is 17.5 Å². The number of aryl methyl sites for hydroxylation is 1. The quantitative estimate of drug-likeness (QED) is 0.435. The highest BCUT2D eigenvalue weighted by Gasteiger charge is 2.18. The summed E-state index contributed by atoms with van der Waals surface area (Å²) in [5, 5.41) is 2.75. The number of sulfonamides is 1. The van der Waals surface area contributed by atoms with Gasteiger partial charge in [0.05, 0.1) is 10.6 Å². The van der Waals surface area contributed by atoms with E-state index in [1.807, 2.05) is 23.6 Å². The number of carbonyl (C=O) groups excluding carboxylic acids is 1. The van der Waals surface area contributed by atoms with Gasteiger partial charge in [0.15, 0.2) is 0 Å². The molecule has 0 aliphatic rings. The summed E-state index contributed by atoms with van der Waals surface area (Å²) >= 11 is 0. The molecule has 0 bridgehead atoms. The molecule has 0 aliphatic carbocycles. The van der Waals surface area contributed by atoms with Crippen molar-refractivity contribution in [3.05, 3.63) is 102 Å². The number of pyridine rings is 1. The Hall–Kier alpha value is -4.05. The van der Waals surface area contributed by atoms with Gasteiger partial charge in [-0.3, -0.25) is 14.1 Å². The molecule has 2 N–H and O–H groups in total. The smallest absolute Gasteiger partial charge is 0.262 e. The largest absolute Gasteiger partial charge is 0.348 e. The number of anilines is 1. The molecule has 168 valence electrons. The van der Waals surface area contributed by atoms with Gasteiger partial charge < -0.3 is 5.32 Å². The number of benzene rings is 2. The van der Waals surface area contributed by atoms with Crippen LogP contribution in [0.2, 0.25) is 0 Å². The normalized spacial score (nSPS) is 11.2. The maximum absolute atomic E-state index is 13.8. The first-order valence-corrected chi connectivity index (χ1v) is 11.4. The first kappa shape index (κ1) is 22.2. The van der Waals surface area contributed by atoms with Crippen molar-refractivity contribution in [2.24, 2.45) is 0 Å². The fourth-order valence-electron chi connectivity index (χ4n) is 3.12. The second kappa shape index (κ2) is 9.21. The van der Waals surface area contributed by atoms with Gasteiger partial charge in [0.2, 0.25) is 0 Å². The Balaban J connectivity index is 1.43. The van der Waals surface area contributed by atoms with Gasteiger partial charge in [-0.05, 0) is 48.9 Å². The standard InChI is InChI=1S/C23H20FN5O3S/c1-16-25-11-12-29(16)22-10-9-17(14-26-22)15-27-23(30)18-5-4-6-19(13-18)33(31,32)28-21-8-3-2-7-20(21)24/h2-14,28H,15H2,1H3,(H,27,30). The minimum Gasteiger partial charge on any atom is -0.348 e. The average molecular weight is 466 g/mol. The minimum absolute atomic E-state index is 0.153. The number of amides is 1. The highest BCUT2D eigenvalue weighted by Crippen LogP contribution is 2.19. The van der Waals surface area contributed by atoms with E-state index in [1.54, 1.807) is 18.6 Å². The van der Waals surface area contributed by atoms with Crippen LogP contribution in [-0.4, -0.2) is 28.9 Å². The molecule has 0 spiro atoms. The van der Waals surface area contributed by atoms with Gasteiger partial charge in [-0.25, -0.2) is 22.8 Å². The molecule has 10 heteroatoms. The van der Waals surface area contributed by atoms with Crippen molar-refractivity contribution < 1.29 is 17.6 Å². The number of halogens is 1. The summed E-state index contributed by atoms with van der Waals surface area (Å²) < 4.78 is 43.1. The minimum atomic E-state index is -4.08. The van der Waals surface area contributed by atoms with E-state index >= 15 is 0 Å². The molecule has 1 amide bonds. The predicted octanol–water partition coefficient (Wildman–Crippen LogP) is 3.45. The number of hydrogen-bond acceptors (Lipinski definition) is 5. The van der Waals surface area contributed by atoms with Gasteiger partial charge in [0.1, 0.15) is 17.5 Å². The van der Waals surface area contributed by atoms with Gasteiger partial charge in [0, 0.05) is 30.7 Å². The third-order valence-corrected chi connectivity index (χ3v) is 6.22.